The molecule has 0 amide bonds. The van der Waals surface area contributed by atoms with Gasteiger partial charge in [-0.05, 0) is 65.8 Å². The Balaban J connectivity index is 1.82. The number of benzene rings is 1. The molecule has 1 aliphatic rings. The molecule has 104 valence electrons. The van der Waals surface area contributed by atoms with Crippen LogP contribution in [-0.4, -0.2) is 18.9 Å². The highest BCUT2D eigenvalue weighted by Gasteiger charge is 2.15. The molecule has 1 aromatic carbocycles. The Kier molecular flexibility index (Phi) is 5.52. The Labute approximate surface area is 121 Å². The maximum Gasteiger partial charge on any atom is 0.137 e. The molecule has 2 rings (SSSR count). The zero-order chi connectivity index (χ0) is 13.7. The number of carbonyl (C=O) groups excluding carboxylic acids is 1. The van der Waals surface area contributed by atoms with E-state index in [1.165, 1.54) is 18.9 Å². The third-order valence-corrected chi connectivity index (χ3v) is 4.54. The zero-order valence-corrected chi connectivity index (χ0v) is 12.5. The molecular formula is C15H19BrFNO. The minimum atomic E-state index is -0.304. The van der Waals surface area contributed by atoms with Crippen molar-refractivity contribution in [3.63, 3.8) is 0 Å². The highest BCUT2D eigenvalue weighted by atomic mass is 79.9. The van der Waals surface area contributed by atoms with Crippen molar-refractivity contribution in [1.82, 2.24) is 5.32 Å². The highest BCUT2D eigenvalue weighted by Crippen LogP contribution is 2.22. The fraction of sp³-hybridized carbons (Fsp3) is 0.533. The Morgan fingerprint density at radius 3 is 3.05 bits per heavy atom. The minimum Gasteiger partial charge on any atom is -0.316 e. The van der Waals surface area contributed by atoms with Crippen molar-refractivity contribution < 1.29 is 9.18 Å². The number of hydrogen-bond donors (Lipinski definition) is 1. The molecule has 0 radical (unpaired) electrons. The second kappa shape index (κ2) is 7.15. The molecule has 0 aromatic heterocycles. The molecule has 4 heteroatoms. The van der Waals surface area contributed by atoms with Crippen molar-refractivity contribution in [1.29, 1.82) is 0 Å². The lowest BCUT2D eigenvalue weighted by atomic mass is 9.92. The van der Waals surface area contributed by atoms with Crippen molar-refractivity contribution in [2.45, 2.75) is 32.1 Å². The zero-order valence-electron chi connectivity index (χ0n) is 10.9. The molecule has 0 saturated carbocycles. The third kappa shape index (κ3) is 4.39. The number of ketones is 1. The van der Waals surface area contributed by atoms with Crippen LogP contribution in [0.5, 0.6) is 0 Å². The predicted octanol–water partition coefficient (Wildman–Crippen LogP) is 3.48. The molecule has 1 N–H and O–H groups in total. The third-order valence-electron chi connectivity index (χ3n) is 3.65. The first-order chi connectivity index (χ1) is 9.16. The summed E-state index contributed by atoms with van der Waals surface area (Å²) in [4.78, 5) is 12.0. The van der Waals surface area contributed by atoms with Crippen LogP contribution >= 0.6 is 15.9 Å². The van der Waals surface area contributed by atoms with Crippen molar-refractivity contribution >= 4 is 21.7 Å². The van der Waals surface area contributed by atoms with E-state index in [-0.39, 0.29) is 11.6 Å². The number of Topliss-reactive ketones (excluding diaryl/α,β-unsaturated/α-hetero) is 1. The average Bonchev–Trinajstić information content (AvgIpc) is 2.43. The monoisotopic (exact) mass is 327 g/mol. The van der Waals surface area contributed by atoms with Crippen molar-refractivity contribution in [2.75, 3.05) is 13.1 Å². The van der Waals surface area contributed by atoms with Crippen LogP contribution in [0.2, 0.25) is 0 Å². The van der Waals surface area contributed by atoms with Gasteiger partial charge in [-0.25, -0.2) is 4.39 Å². The van der Waals surface area contributed by atoms with Gasteiger partial charge in [0.1, 0.15) is 11.6 Å². The van der Waals surface area contributed by atoms with E-state index in [2.05, 4.69) is 21.2 Å². The molecular weight excluding hydrogens is 309 g/mol. The fourth-order valence-electron chi connectivity index (χ4n) is 2.52. The number of hydrogen-bond acceptors (Lipinski definition) is 2. The summed E-state index contributed by atoms with van der Waals surface area (Å²) in [6, 6.07) is 4.84. The van der Waals surface area contributed by atoms with E-state index in [4.69, 9.17) is 0 Å². The molecule has 1 aromatic rings. The number of nitrogens with one attached hydrogen (secondary N) is 1. The topological polar surface area (TPSA) is 29.1 Å². The lowest BCUT2D eigenvalue weighted by molar-refractivity contribution is -0.118. The maximum absolute atomic E-state index is 13.3. The first kappa shape index (κ1) is 14.7. The number of halogens is 2. The molecule has 0 aliphatic carbocycles. The maximum atomic E-state index is 13.3. The Morgan fingerprint density at radius 1 is 1.47 bits per heavy atom. The Hall–Kier alpha value is -0.740. The van der Waals surface area contributed by atoms with Crippen LogP contribution in [0.25, 0.3) is 0 Å². The predicted molar refractivity (Wildman–Crippen MR) is 77.6 cm³/mol. The van der Waals surface area contributed by atoms with Gasteiger partial charge >= 0.3 is 0 Å². The standard InChI is InChI=1S/C15H19BrFNO/c16-15-12(4-1-5-14(15)17)9-13(19)7-6-11-3-2-8-18-10-11/h1,4-5,11,18H,2-3,6-10H2. The van der Waals surface area contributed by atoms with Gasteiger partial charge in [-0.2, -0.15) is 0 Å². The molecule has 1 unspecified atom stereocenters. The normalized spacial score (nSPS) is 19.4. The van der Waals surface area contributed by atoms with Crippen LogP contribution in [0, 0.1) is 11.7 Å². The van der Waals surface area contributed by atoms with Gasteiger partial charge in [0.05, 0.1) is 4.47 Å². The Morgan fingerprint density at radius 2 is 2.32 bits per heavy atom. The summed E-state index contributed by atoms with van der Waals surface area (Å²) in [6.07, 6.45) is 4.27. The lowest BCUT2D eigenvalue weighted by Crippen LogP contribution is -2.30. The van der Waals surface area contributed by atoms with Crippen LogP contribution in [0.4, 0.5) is 4.39 Å². The second-order valence-electron chi connectivity index (χ2n) is 5.18. The van der Waals surface area contributed by atoms with Crippen LogP contribution < -0.4 is 5.32 Å². The van der Waals surface area contributed by atoms with Crippen molar-refractivity contribution in [3.05, 3.63) is 34.1 Å². The van der Waals surface area contributed by atoms with Crippen LogP contribution in [0.15, 0.2) is 22.7 Å². The van der Waals surface area contributed by atoms with E-state index < -0.39 is 0 Å². The van der Waals surface area contributed by atoms with Crippen LogP contribution in [0.1, 0.15) is 31.2 Å². The molecule has 1 atom stereocenters. The van der Waals surface area contributed by atoms with E-state index in [0.29, 0.717) is 23.2 Å². The molecule has 0 bridgehead atoms. The van der Waals surface area contributed by atoms with E-state index in [1.807, 2.05) is 0 Å². The molecule has 1 heterocycles. The van der Waals surface area contributed by atoms with E-state index >= 15 is 0 Å². The molecule has 19 heavy (non-hydrogen) atoms. The first-order valence-corrected chi connectivity index (χ1v) is 7.61. The molecule has 0 spiro atoms. The summed E-state index contributed by atoms with van der Waals surface area (Å²) in [7, 11) is 0. The summed E-state index contributed by atoms with van der Waals surface area (Å²) in [6.45, 7) is 2.12. The van der Waals surface area contributed by atoms with Gasteiger partial charge < -0.3 is 5.32 Å². The summed E-state index contributed by atoms with van der Waals surface area (Å²) in [5, 5.41) is 3.36. The fourth-order valence-corrected chi connectivity index (χ4v) is 2.93. The first-order valence-electron chi connectivity index (χ1n) is 6.82. The summed E-state index contributed by atoms with van der Waals surface area (Å²) < 4.78 is 13.8. The van der Waals surface area contributed by atoms with Crippen LogP contribution in [0.3, 0.4) is 0 Å². The van der Waals surface area contributed by atoms with Crippen molar-refractivity contribution in [2.24, 2.45) is 5.92 Å². The van der Waals surface area contributed by atoms with Gasteiger partial charge in [-0.1, -0.05) is 12.1 Å². The molecule has 2 nitrogen and oxygen atoms in total. The van der Waals surface area contributed by atoms with Crippen LogP contribution in [-0.2, 0) is 11.2 Å². The summed E-state index contributed by atoms with van der Waals surface area (Å²) in [5.41, 5.74) is 0.742. The van der Waals surface area contributed by atoms with Gasteiger partial charge in [0.2, 0.25) is 0 Å². The van der Waals surface area contributed by atoms with E-state index in [0.717, 1.165) is 25.1 Å². The van der Waals surface area contributed by atoms with Gasteiger partial charge in [0.25, 0.3) is 0 Å². The van der Waals surface area contributed by atoms with E-state index in [1.54, 1.807) is 12.1 Å². The smallest absolute Gasteiger partial charge is 0.137 e. The second-order valence-corrected chi connectivity index (χ2v) is 5.97. The van der Waals surface area contributed by atoms with Gasteiger partial charge in [-0.15, -0.1) is 0 Å². The van der Waals surface area contributed by atoms with Gasteiger partial charge in [-0.3, -0.25) is 4.79 Å². The number of piperidine rings is 1. The largest absolute Gasteiger partial charge is 0.316 e. The minimum absolute atomic E-state index is 0.192. The number of rotatable bonds is 5. The molecule has 1 saturated heterocycles. The quantitative estimate of drug-likeness (QED) is 0.897. The molecule has 1 aliphatic heterocycles. The van der Waals surface area contributed by atoms with Crippen molar-refractivity contribution in [3.8, 4) is 0 Å². The van der Waals surface area contributed by atoms with Gasteiger partial charge in [0.15, 0.2) is 0 Å². The lowest BCUT2D eigenvalue weighted by Gasteiger charge is -2.22. The summed E-state index contributed by atoms with van der Waals surface area (Å²) >= 11 is 3.20. The Bertz CT molecular complexity index is 444. The number of carbonyl (C=O) groups is 1. The molecule has 1 fully saturated rings. The SMILES string of the molecule is O=C(CCC1CCCNC1)Cc1cccc(F)c1Br. The summed E-state index contributed by atoms with van der Waals surface area (Å²) in [5.74, 6) is 0.507. The average molecular weight is 328 g/mol. The van der Waals surface area contributed by atoms with Gasteiger partial charge in [0, 0.05) is 12.8 Å². The highest BCUT2D eigenvalue weighted by molar-refractivity contribution is 9.10. The van der Waals surface area contributed by atoms with E-state index in [9.17, 15) is 9.18 Å².